The summed E-state index contributed by atoms with van der Waals surface area (Å²) < 4.78 is 16.8. The van der Waals surface area contributed by atoms with Crippen molar-refractivity contribution in [3.63, 3.8) is 0 Å². The summed E-state index contributed by atoms with van der Waals surface area (Å²) in [7, 11) is 7.05. The van der Waals surface area contributed by atoms with E-state index in [4.69, 9.17) is 14.2 Å². The smallest absolute Gasteiger partial charge is 0.228 e. The number of likely N-dealkylation sites (tertiary alicyclic amines) is 2. The second-order valence-corrected chi connectivity index (χ2v) is 8.67. The van der Waals surface area contributed by atoms with Gasteiger partial charge in [-0.25, -0.2) is 0 Å². The fourth-order valence-electron chi connectivity index (χ4n) is 4.55. The van der Waals surface area contributed by atoms with Gasteiger partial charge in [-0.05, 0) is 50.7 Å². The molecule has 2 heterocycles. The van der Waals surface area contributed by atoms with E-state index >= 15 is 0 Å². The van der Waals surface area contributed by atoms with E-state index in [1.807, 2.05) is 24.3 Å². The summed E-state index contributed by atoms with van der Waals surface area (Å²) in [5.41, 5.74) is 0.851. The Bertz CT molecular complexity index is 704. The van der Waals surface area contributed by atoms with E-state index < -0.39 is 0 Å². The van der Waals surface area contributed by atoms with Crippen molar-refractivity contribution < 1.29 is 19.0 Å². The van der Waals surface area contributed by atoms with E-state index in [1.165, 1.54) is 0 Å². The predicted molar refractivity (Wildman–Crippen MR) is 111 cm³/mol. The summed E-state index contributed by atoms with van der Waals surface area (Å²) in [6, 6.07) is 4.13. The molecule has 2 saturated heterocycles. The molecular weight excluding hydrogens is 376 g/mol. The number of methoxy groups -OCH3 is 3. The highest BCUT2D eigenvalue weighted by atomic mass is 32.2. The summed E-state index contributed by atoms with van der Waals surface area (Å²) in [6.45, 7) is 3.28. The molecule has 2 aliphatic heterocycles. The molecule has 7 heteroatoms. The molecule has 1 spiro atoms. The SMILES string of the molecule is COc1cc(SC)c(OC)cc1CN1CCC2(CC1)CC(OC)CN(C)C2=O. The Morgan fingerprint density at radius 1 is 1.14 bits per heavy atom. The van der Waals surface area contributed by atoms with E-state index in [1.54, 1.807) is 33.1 Å². The minimum Gasteiger partial charge on any atom is -0.496 e. The van der Waals surface area contributed by atoms with E-state index in [0.29, 0.717) is 6.54 Å². The Morgan fingerprint density at radius 3 is 2.39 bits per heavy atom. The number of nitrogens with zero attached hydrogens (tertiary/aromatic N) is 2. The van der Waals surface area contributed by atoms with Gasteiger partial charge in [0.2, 0.25) is 5.91 Å². The predicted octanol–water partition coefficient (Wildman–Crippen LogP) is 2.89. The second kappa shape index (κ2) is 8.93. The van der Waals surface area contributed by atoms with Crippen LogP contribution in [0.5, 0.6) is 11.5 Å². The number of amides is 1. The largest absolute Gasteiger partial charge is 0.496 e. The Morgan fingerprint density at radius 2 is 1.82 bits per heavy atom. The van der Waals surface area contributed by atoms with E-state index in [0.717, 1.165) is 60.9 Å². The van der Waals surface area contributed by atoms with Crippen molar-refractivity contribution in [2.75, 3.05) is 54.3 Å². The van der Waals surface area contributed by atoms with Gasteiger partial charge in [0.15, 0.2) is 0 Å². The maximum Gasteiger partial charge on any atom is 0.228 e. The molecule has 28 heavy (non-hydrogen) atoms. The average molecular weight is 409 g/mol. The first-order chi connectivity index (χ1) is 13.5. The van der Waals surface area contributed by atoms with Crippen LogP contribution in [0.4, 0.5) is 0 Å². The van der Waals surface area contributed by atoms with Gasteiger partial charge in [0, 0.05) is 32.8 Å². The molecule has 1 unspecified atom stereocenters. The fourth-order valence-corrected chi connectivity index (χ4v) is 5.12. The van der Waals surface area contributed by atoms with Gasteiger partial charge in [-0.15, -0.1) is 11.8 Å². The number of thioether (sulfide) groups is 1. The fraction of sp³-hybridized carbons (Fsp3) is 0.667. The maximum absolute atomic E-state index is 12.9. The molecule has 0 aromatic heterocycles. The van der Waals surface area contributed by atoms with Crippen LogP contribution in [0.25, 0.3) is 0 Å². The Labute approximate surface area is 172 Å². The highest BCUT2D eigenvalue weighted by Gasteiger charge is 2.47. The van der Waals surface area contributed by atoms with Crippen molar-refractivity contribution in [1.82, 2.24) is 9.80 Å². The van der Waals surface area contributed by atoms with Crippen LogP contribution in [-0.4, -0.2) is 76.1 Å². The molecule has 156 valence electrons. The molecular formula is C21H32N2O4S. The van der Waals surface area contributed by atoms with Gasteiger partial charge in [0.05, 0.1) is 30.6 Å². The first-order valence-corrected chi connectivity index (χ1v) is 11.0. The third-order valence-electron chi connectivity index (χ3n) is 6.22. The van der Waals surface area contributed by atoms with E-state index in [9.17, 15) is 4.79 Å². The van der Waals surface area contributed by atoms with Crippen LogP contribution in [0.1, 0.15) is 24.8 Å². The number of hydrogen-bond acceptors (Lipinski definition) is 6. The minimum absolute atomic E-state index is 0.137. The summed E-state index contributed by atoms with van der Waals surface area (Å²) in [4.78, 5) is 18.2. The molecule has 3 rings (SSSR count). The zero-order valence-electron chi connectivity index (χ0n) is 17.6. The van der Waals surface area contributed by atoms with Crippen LogP contribution < -0.4 is 9.47 Å². The summed E-state index contributed by atoms with van der Waals surface area (Å²) in [5.74, 6) is 2.05. The first kappa shape index (κ1) is 21.3. The molecule has 0 saturated carbocycles. The van der Waals surface area contributed by atoms with Gasteiger partial charge in [-0.2, -0.15) is 0 Å². The van der Waals surface area contributed by atoms with Gasteiger partial charge in [0.25, 0.3) is 0 Å². The van der Waals surface area contributed by atoms with Crippen molar-refractivity contribution in [1.29, 1.82) is 0 Å². The molecule has 1 atom stereocenters. The number of hydrogen-bond donors (Lipinski definition) is 0. The van der Waals surface area contributed by atoms with Gasteiger partial charge >= 0.3 is 0 Å². The Kier molecular flexibility index (Phi) is 6.78. The van der Waals surface area contributed by atoms with Crippen molar-refractivity contribution in [2.45, 2.75) is 36.8 Å². The molecule has 2 aliphatic rings. The van der Waals surface area contributed by atoms with Crippen molar-refractivity contribution in [2.24, 2.45) is 5.41 Å². The van der Waals surface area contributed by atoms with Crippen molar-refractivity contribution in [3.8, 4) is 11.5 Å². The standard InChI is InChI=1S/C21H32N2O4S/c1-22-14-16(25-2)12-21(20(22)24)6-8-23(9-7-21)13-15-10-18(27-4)19(28-5)11-17(15)26-3/h10-11,16H,6-9,12-14H2,1-5H3. The lowest BCUT2D eigenvalue weighted by Gasteiger charge is -2.47. The minimum atomic E-state index is -0.269. The lowest BCUT2D eigenvalue weighted by atomic mass is 9.71. The summed E-state index contributed by atoms with van der Waals surface area (Å²) in [5, 5.41) is 0. The van der Waals surface area contributed by atoms with Crippen molar-refractivity contribution in [3.05, 3.63) is 17.7 Å². The number of ether oxygens (including phenoxy) is 3. The monoisotopic (exact) mass is 408 g/mol. The normalized spacial score (nSPS) is 22.5. The van der Waals surface area contributed by atoms with Crippen LogP contribution in [0.15, 0.2) is 17.0 Å². The molecule has 1 aromatic carbocycles. The quantitative estimate of drug-likeness (QED) is 0.675. The lowest BCUT2D eigenvalue weighted by Crippen LogP contribution is -2.56. The number of benzene rings is 1. The number of carbonyl (C=O) groups is 1. The zero-order chi connectivity index (χ0) is 20.3. The van der Waals surface area contributed by atoms with E-state index in [-0.39, 0.29) is 17.4 Å². The average Bonchev–Trinajstić information content (AvgIpc) is 2.72. The van der Waals surface area contributed by atoms with Crippen LogP contribution in [0.2, 0.25) is 0 Å². The topological polar surface area (TPSA) is 51.2 Å². The summed E-state index contributed by atoms with van der Waals surface area (Å²) in [6.07, 6.45) is 4.75. The molecule has 0 N–H and O–H groups in total. The highest BCUT2D eigenvalue weighted by Crippen LogP contribution is 2.42. The number of rotatable bonds is 6. The Hall–Kier alpha value is -1.44. The van der Waals surface area contributed by atoms with Crippen LogP contribution in [-0.2, 0) is 16.1 Å². The third kappa shape index (κ3) is 4.11. The van der Waals surface area contributed by atoms with Crippen LogP contribution >= 0.6 is 11.8 Å². The molecule has 2 fully saturated rings. The summed E-state index contributed by atoms with van der Waals surface area (Å²) >= 11 is 1.65. The van der Waals surface area contributed by atoms with Gasteiger partial charge < -0.3 is 19.1 Å². The van der Waals surface area contributed by atoms with Crippen molar-refractivity contribution >= 4 is 17.7 Å². The highest BCUT2D eigenvalue weighted by molar-refractivity contribution is 7.98. The number of piperidine rings is 2. The maximum atomic E-state index is 12.9. The number of likely N-dealkylation sites (N-methyl/N-ethyl adjacent to an activating group) is 1. The van der Waals surface area contributed by atoms with Gasteiger partial charge in [-0.3, -0.25) is 9.69 Å². The van der Waals surface area contributed by atoms with Crippen LogP contribution in [0, 0.1) is 5.41 Å². The second-order valence-electron chi connectivity index (χ2n) is 7.82. The van der Waals surface area contributed by atoms with Crippen LogP contribution in [0.3, 0.4) is 0 Å². The molecule has 6 nitrogen and oxygen atoms in total. The van der Waals surface area contributed by atoms with Gasteiger partial charge in [-0.1, -0.05) is 0 Å². The molecule has 1 amide bonds. The Balaban J connectivity index is 1.71. The molecule has 0 radical (unpaired) electrons. The zero-order valence-corrected chi connectivity index (χ0v) is 18.4. The third-order valence-corrected chi connectivity index (χ3v) is 6.98. The molecule has 0 bridgehead atoms. The number of carbonyl (C=O) groups excluding carboxylic acids is 1. The molecule has 1 aromatic rings. The van der Waals surface area contributed by atoms with Gasteiger partial charge in [0.1, 0.15) is 11.5 Å². The lowest BCUT2D eigenvalue weighted by molar-refractivity contribution is -0.156. The first-order valence-electron chi connectivity index (χ1n) is 9.76. The van der Waals surface area contributed by atoms with E-state index in [2.05, 4.69) is 11.0 Å². The molecule has 0 aliphatic carbocycles.